The van der Waals surface area contributed by atoms with Crippen LogP contribution >= 0.6 is 11.3 Å². The molecule has 2 amide bonds. The van der Waals surface area contributed by atoms with Crippen molar-refractivity contribution in [3.63, 3.8) is 0 Å². The maximum Gasteiger partial charge on any atom is 0.280 e. The molecule has 2 fully saturated rings. The zero-order chi connectivity index (χ0) is 23.7. The summed E-state index contributed by atoms with van der Waals surface area (Å²) in [6.45, 7) is 8.94. The monoisotopic (exact) mass is 471 g/mol. The number of aromatic nitrogens is 2. The minimum Gasteiger partial charge on any atom is -0.391 e. The second-order valence-electron chi connectivity index (χ2n) is 9.25. The van der Waals surface area contributed by atoms with E-state index < -0.39 is 6.10 Å². The molecule has 2 aromatic rings. The van der Waals surface area contributed by atoms with E-state index in [4.69, 9.17) is 0 Å². The minimum atomic E-state index is -0.517. The molecule has 1 saturated carbocycles. The largest absolute Gasteiger partial charge is 0.391 e. The van der Waals surface area contributed by atoms with Gasteiger partial charge < -0.3 is 20.6 Å². The van der Waals surface area contributed by atoms with Crippen LogP contribution in [0.3, 0.4) is 0 Å². The van der Waals surface area contributed by atoms with Crippen molar-refractivity contribution in [2.45, 2.75) is 84.0 Å². The molecule has 2 aromatic heterocycles. The lowest BCUT2D eigenvalue weighted by atomic mass is 9.89. The number of aliphatic hydroxyl groups is 1. The van der Waals surface area contributed by atoms with Crippen molar-refractivity contribution in [1.82, 2.24) is 20.2 Å². The summed E-state index contributed by atoms with van der Waals surface area (Å²) < 4.78 is 0. The molecular formula is C24H33N5O3S. The van der Waals surface area contributed by atoms with Crippen LogP contribution in [0, 0.1) is 6.92 Å². The van der Waals surface area contributed by atoms with Crippen LogP contribution in [0.1, 0.15) is 78.7 Å². The predicted molar refractivity (Wildman–Crippen MR) is 130 cm³/mol. The van der Waals surface area contributed by atoms with Crippen LogP contribution in [-0.2, 0) is 0 Å². The number of pyridine rings is 1. The Balaban J connectivity index is 1.68. The molecule has 1 aliphatic heterocycles. The summed E-state index contributed by atoms with van der Waals surface area (Å²) in [6.07, 6.45) is 5.59. The van der Waals surface area contributed by atoms with E-state index >= 15 is 0 Å². The maximum atomic E-state index is 13.5. The van der Waals surface area contributed by atoms with Gasteiger partial charge in [-0.3, -0.25) is 9.59 Å². The van der Waals surface area contributed by atoms with Crippen molar-refractivity contribution >= 4 is 29.0 Å². The second kappa shape index (κ2) is 9.77. The number of aryl methyl sites for hydroxylation is 1. The highest BCUT2D eigenvalue weighted by atomic mass is 32.1. The van der Waals surface area contributed by atoms with Gasteiger partial charge in [0.05, 0.1) is 17.0 Å². The highest BCUT2D eigenvalue weighted by molar-refractivity contribution is 7.17. The minimum absolute atomic E-state index is 0.143. The van der Waals surface area contributed by atoms with Gasteiger partial charge in [0.2, 0.25) is 0 Å². The molecule has 0 radical (unpaired) electrons. The number of anilines is 1. The first-order chi connectivity index (χ1) is 15.8. The summed E-state index contributed by atoms with van der Waals surface area (Å²) in [7, 11) is 0. The van der Waals surface area contributed by atoms with E-state index in [1.807, 2.05) is 24.8 Å². The summed E-state index contributed by atoms with van der Waals surface area (Å²) in [5.41, 5.74) is 2.07. The average molecular weight is 472 g/mol. The number of nitrogens with one attached hydrogen (secondary N) is 2. The van der Waals surface area contributed by atoms with E-state index in [1.165, 1.54) is 11.3 Å². The second-order valence-corrected chi connectivity index (χ2v) is 10.2. The summed E-state index contributed by atoms with van der Waals surface area (Å²) in [5, 5.41) is 16.3. The Labute approximate surface area is 198 Å². The number of rotatable bonds is 7. The van der Waals surface area contributed by atoms with Gasteiger partial charge in [0.1, 0.15) is 11.5 Å². The molecule has 9 heteroatoms. The highest BCUT2D eigenvalue weighted by Gasteiger charge is 2.34. The summed E-state index contributed by atoms with van der Waals surface area (Å²) in [5.74, 6) is 0.294. The van der Waals surface area contributed by atoms with Gasteiger partial charge in [-0.25, -0.2) is 9.97 Å². The Morgan fingerprint density at radius 2 is 2.12 bits per heavy atom. The lowest BCUT2D eigenvalue weighted by Gasteiger charge is -2.32. The zero-order valence-corrected chi connectivity index (χ0v) is 20.5. The summed E-state index contributed by atoms with van der Waals surface area (Å²) in [4.78, 5) is 37.9. The van der Waals surface area contributed by atoms with Gasteiger partial charge in [-0.15, -0.1) is 11.3 Å². The molecule has 4 rings (SSSR count). The molecule has 2 aliphatic rings. The van der Waals surface area contributed by atoms with Crippen LogP contribution in [0.5, 0.6) is 0 Å². The number of hydrogen-bond donors (Lipinski definition) is 3. The Morgan fingerprint density at radius 3 is 2.70 bits per heavy atom. The first-order valence-corrected chi connectivity index (χ1v) is 12.6. The highest BCUT2D eigenvalue weighted by Crippen LogP contribution is 2.35. The molecule has 3 heterocycles. The third-order valence-electron chi connectivity index (χ3n) is 6.75. The standard InChI is InChI=1S/C24H33N5O3S/c1-5-14(3)26-19-11-13(2)16(12-25-19)21-20(24(32)29-10-6-7-15(29)4)28-23(33-21)22(31)27-17-8-9-18(17)30/h11-12,14-15,17-18,30H,5-10H2,1-4H3,(H,25,26)(H,27,31)/t14-,15+,17-,18-/m1/s1. The van der Waals surface area contributed by atoms with Crippen LogP contribution in [0.15, 0.2) is 12.3 Å². The first kappa shape index (κ1) is 23.6. The van der Waals surface area contributed by atoms with Crippen molar-refractivity contribution in [2.75, 3.05) is 11.9 Å². The topological polar surface area (TPSA) is 107 Å². The third kappa shape index (κ3) is 4.89. The van der Waals surface area contributed by atoms with Gasteiger partial charge in [0, 0.05) is 30.4 Å². The Hall–Kier alpha value is -2.52. The van der Waals surface area contributed by atoms with Crippen LogP contribution in [0.25, 0.3) is 10.4 Å². The Kier molecular flexibility index (Phi) is 6.99. The number of likely N-dealkylation sites (tertiary alicyclic amines) is 1. The van der Waals surface area contributed by atoms with Crippen LogP contribution < -0.4 is 10.6 Å². The first-order valence-electron chi connectivity index (χ1n) is 11.8. The molecule has 0 unspecified atom stereocenters. The molecule has 3 N–H and O–H groups in total. The predicted octanol–water partition coefficient (Wildman–Crippen LogP) is 3.60. The fraction of sp³-hybridized carbons (Fsp3) is 0.583. The van der Waals surface area contributed by atoms with E-state index in [9.17, 15) is 14.7 Å². The fourth-order valence-corrected chi connectivity index (χ4v) is 5.26. The van der Waals surface area contributed by atoms with E-state index in [0.717, 1.165) is 42.6 Å². The zero-order valence-electron chi connectivity index (χ0n) is 19.7. The fourth-order valence-electron chi connectivity index (χ4n) is 4.22. The van der Waals surface area contributed by atoms with Crippen LogP contribution in [0.4, 0.5) is 5.82 Å². The van der Waals surface area contributed by atoms with Gasteiger partial charge >= 0.3 is 0 Å². The number of amides is 2. The molecule has 0 spiro atoms. The summed E-state index contributed by atoms with van der Waals surface area (Å²) in [6, 6.07) is 2.17. The SMILES string of the molecule is CC[C@@H](C)Nc1cc(C)c(-c2sc(C(=O)N[C@@H]3CC[C@H]3O)nc2C(=O)N2CCC[C@@H]2C)cn1. The van der Waals surface area contributed by atoms with Crippen molar-refractivity contribution < 1.29 is 14.7 Å². The molecule has 0 bridgehead atoms. The molecule has 178 valence electrons. The van der Waals surface area contributed by atoms with Crippen molar-refractivity contribution in [3.05, 3.63) is 28.5 Å². The molecule has 33 heavy (non-hydrogen) atoms. The third-order valence-corrected chi connectivity index (χ3v) is 7.84. The van der Waals surface area contributed by atoms with Gasteiger partial charge in [0.25, 0.3) is 11.8 Å². The van der Waals surface area contributed by atoms with Gasteiger partial charge in [0.15, 0.2) is 5.01 Å². The Morgan fingerprint density at radius 1 is 1.33 bits per heavy atom. The maximum absolute atomic E-state index is 13.5. The Bertz CT molecular complexity index is 1040. The van der Waals surface area contributed by atoms with Gasteiger partial charge in [-0.05, 0) is 64.5 Å². The number of hydrogen-bond acceptors (Lipinski definition) is 7. The molecular weight excluding hydrogens is 438 g/mol. The smallest absolute Gasteiger partial charge is 0.280 e. The quantitative estimate of drug-likeness (QED) is 0.570. The molecule has 1 aliphatic carbocycles. The number of nitrogens with zero attached hydrogens (tertiary/aromatic N) is 3. The van der Waals surface area contributed by atoms with E-state index in [-0.39, 0.29) is 28.9 Å². The van der Waals surface area contributed by atoms with Gasteiger partial charge in [-0.2, -0.15) is 0 Å². The molecule has 4 atom stereocenters. The van der Waals surface area contributed by atoms with E-state index in [0.29, 0.717) is 29.6 Å². The van der Waals surface area contributed by atoms with Crippen molar-refractivity contribution in [1.29, 1.82) is 0 Å². The van der Waals surface area contributed by atoms with Crippen LogP contribution in [-0.4, -0.2) is 62.6 Å². The van der Waals surface area contributed by atoms with Gasteiger partial charge in [-0.1, -0.05) is 6.92 Å². The van der Waals surface area contributed by atoms with E-state index in [1.54, 1.807) is 6.20 Å². The van der Waals surface area contributed by atoms with Crippen molar-refractivity contribution in [3.8, 4) is 10.4 Å². The van der Waals surface area contributed by atoms with Crippen molar-refractivity contribution in [2.24, 2.45) is 0 Å². The lowest BCUT2D eigenvalue weighted by Crippen LogP contribution is -2.50. The molecule has 0 aromatic carbocycles. The van der Waals surface area contributed by atoms with Crippen LogP contribution in [0.2, 0.25) is 0 Å². The average Bonchev–Trinajstić information content (AvgIpc) is 3.42. The lowest BCUT2D eigenvalue weighted by molar-refractivity contribution is 0.0447. The molecule has 8 nitrogen and oxygen atoms in total. The van der Waals surface area contributed by atoms with E-state index in [2.05, 4.69) is 34.4 Å². The number of carbonyl (C=O) groups is 2. The summed E-state index contributed by atoms with van der Waals surface area (Å²) >= 11 is 1.21. The number of aliphatic hydroxyl groups excluding tert-OH is 1. The molecule has 1 saturated heterocycles. The number of thiazole rings is 1. The number of carbonyl (C=O) groups excluding carboxylic acids is 2. The normalized spacial score (nSPS) is 23.2.